The maximum Gasteiger partial charge on any atom is 0.345 e. The molecule has 0 saturated heterocycles. The summed E-state index contributed by atoms with van der Waals surface area (Å²) in [5, 5.41) is 21.3. The number of carbonyl (C=O) groups is 1. The summed E-state index contributed by atoms with van der Waals surface area (Å²) in [4.78, 5) is 18.8. The van der Waals surface area contributed by atoms with Gasteiger partial charge in [-0.05, 0) is 31.3 Å². The molecule has 2 rings (SSSR count). The zero-order chi connectivity index (χ0) is 20.7. The first kappa shape index (κ1) is 21.7. The summed E-state index contributed by atoms with van der Waals surface area (Å²) in [5.74, 6) is -0.586. The van der Waals surface area contributed by atoms with Crippen LogP contribution in [0.15, 0.2) is 36.5 Å². The summed E-state index contributed by atoms with van der Waals surface area (Å²) >= 11 is 0. The fraction of sp³-hybridized carbons (Fsp3) is 0.429. The number of carboxylic acid groups (broad SMARTS) is 1. The zero-order valence-corrected chi connectivity index (χ0v) is 16.8. The number of rotatable bonds is 10. The van der Waals surface area contributed by atoms with Crippen molar-refractivity contribution in [2.75, 3.05) is 33.9 Å². The van der Waals surface area contributed by atoms with Crippen molar-refractivity contribution in [1.82, 2.24) is 9.88 Å². The molecule has 1 heterocycles. The highest BCUT2D eigenvalue weighted by Gasteiger charge is 2.42. The molecular weight excluding hydrogens is 360 g/mol. The average molecular weight is 388 g/mol. The third-order valence-electron chi connectivity index (χ3n) is 4.95. The Morgan fingerprint density at radius 3 is 2.39 bits per heavy atom. The van der Waals surface area contributed by atoms with Gasteiger partial charge < -0.3 is 24.6 Å². The van der Waals surface area contributed by atoms with Crippen LogP contribution in [-0.4, -0.2) is 59.9 Å². The van der Waals surface area contributed by atoms with Crippen LogP contribution in [0, 0.1) is 0 Å². The number of hydrogen-bond acceptors (Lipinski definition) is 6. The van der Waals surface area contributed by atoms with Crippen molar-refractivity contribution < 1.29 is 24.5 Å². The summed E-state index contributed by atoms with van der Waals surface area (Å²) in [6.45, 7) is 6.63. The van der Waals surface area contributed by atoms with Crippen molar-refractivity contribution in [3.63, 3.8) is 0 Å². The van der Waals surface area contributed by atoms with Gasteiger partial charge in [0.2, 0.25) is 5.60 Å². The van der Waals surface area contributed by atoms with E-state index < -0.39 is 11.6 Å². The van der Waals surface area contributed by atoms with Gasteiger partial charge in [0.1, 0.15) is 0 Å². The number of hydrogen-bond donors (Lipinski definition) is 2. The molecule has 1 aromatic carbocycles. The number of benzene rings is 1. The van der Waals surface area contributed by atoms with E-state index in [1.54, 1.807) is 24.4 Å². The molecule has 0 aliphatic heterocycles. The van der Waals surface area contributed by atoms with E-state index in [4.69, 9.17) is 9.47 Å². The van der Waals surface area contributed by atoms with E-state index in [9.17, 15) is 15.0 Å². The Balaban J connectivity index is 2.53. The molecule has 1 unspecified atom stereocenters. The van der Waals surface area contributed by atoms with Crippen LogP contribution in [0.4, 0.5) is 0 Å². The Labute approximate surface area is 165 Å². The highest BCUT2D eigenvalue weighted by Crippen LogP contribution is 2.37. The first-order valence-corrected chi connectivity index (χ1v) is 9.27. The van der Waals surface area contributed by atoms with Gasteiger partial charge in [-0.2, -0.15) is 0 Å². The largest absolute Gasteiger partial charge is 0.493 e. The summed E-state index contributed by atoms with van der Waals surface area (Å²) < 4.78 is 10.5. The average Bonchev–Trinajstić information content (AvgIpc) is 2.73. The Bertz CT molecular complexity index is 807. The van der Waals surface area contributed by atoms with E-state index in [0.29, 0.717) is 23.6 Å². The maximum atomic E-state index is 12.2. The maximum absolute atomic E-state index is 12.2. The quantitative estimate of drug-likeness (QED) is 0.645. The number of pyridine rings is 1. The minimum absolute atomic E-state index is 0.176. The molecule has 0 spiro atoms. The van der Waals surface area contributed by atoms with Gasteiger partial charge in [-0.3, -0.25) is 4.98 Å². The van der Waals surface area contributed by atoms with Gasteiger partial charge in [-0.1, -0.05) is 26.0 Å². The predicted molar refractivity (Wildman–Crippen MR) is 106 cm³/mol. The van der Waals surface area contributed by atoms with Gasteiger partial charge in [-0.25, -0.2) is 4.79 Å². The van der Waals surface area contributed by atoms with E-state index in [-0.39, 0.29) is 11.1 Å². The lowest BCUT2D eigenvalue weighted by molar-refractivity contribution is -0.155. The number of aliphatic carboxylic acids is 1. The molecule has 152 valence electrons. The number of aromatic nitrogens is 1. The fourth-order valence-corrected chi connectivity index (χ4v) is 3.23. The second-order valence-corrected chi connectivity index (χ2v) is 6.36. The SMILES string of the molecule is CCN(CC)CCc1ncccc1C(O)(C(=O)O)c1ccc(OC)c(OC)c1. The van der Waals surface area contributed by atoms with Crippen LogP contribution in [0.2, 0.25) is 0 Å². The van der Waals surface area contributed by atoms with Crippen LogP contribution in [0.3, 0.4) is 0 Å². The fourth-order valence-electron chi connectivity index (χ4n) is 3.23. The second kappa shape index (κ2) is 9.52. The van der Waals surface area contributed by atoms with Crippen LogP contribution in [-0.2, 0) is 16.8 Å². The summed E-state index contributed by atoms with van der Waals surface area (Å²) in [5.41, 5.74) is -1.28. The van der Waals surface area contributed by atoms with Crippen LogP contribution in [0.1, 0.15) is 30.7 Å². The number of nitrogens with zero attached hydrogens (tertiary/aromatic N) is 2. The number of carboxylic acids is 1. The number of ether oxygens (including phenoxy) is 2. The summed E-state index contributed by atoms with van der Waals surface area (Å²) in [6.07, 6.45) is 2.14. The molecule has 0 bridgehead atoms. The van der Waals surface area contributed by atoms with Gasteiger partial charge in [0.05, 0.1) is 14.2 Å². The Morgan fingerprint density at radius 2 is 1.82 bits per heavy atom. The van der Waals surface area contributed by atoms with Crippen LogP contribution in [0.5, 0.6) is 11.5 Å². The third-order valence-corrected chi connectivity index (χ3v) is 4.95. The predicted octanol–water partition coefficient (Wildman–Crippen LogP) is 2.30. The van der Waals surface area contributed by atoms with Gasteiger partial charge >= 0.3 is 5.97 Å². The highest BCUT2D eigenvalue weighted by molar-refractivity contribution is 5.84. The molecular formula is C21H28N2O5. The van der Waals surface area contributed by atoms with E-state index in [1.807, 2.05) is 0 Å². The Morgan fingerprint density at radius 1 is 1.14 bits per heavy atom. The van der Waals surface area contributed by atoms with Crippen molar-refractivity contribution in [3.05, 3.63) is 53.3 Å². The molecule has 1 atom stereocenters. The topological polar surface area (TPSA) is 92.1 Å². The van der Waals surface area contributed by atoms with E-state index >= 15 is 0 Å². The zero-order valence-electron chi connectivity index (χ0n) is 16.8. The molecule has 0 fully saturated rings. The molecule has 7 nitrogen and oxygen atoms in total. The smallest absolute Gasteiger partial charge is 0.345 e. The van der Waals surface area contributed by atoms with E-state index in [2.05, 4.69) is 23.7 Å². The van der Waals surface area contributed by atoms with Crippen molar-refractivity contribution in [2.45, 2.75) is 25.9 Å². The van der Waals surface area contributed by atoms with Crippen molar-refractivity contribution in [1.29, 1.82) is 0 Å². The molecule has 0 radical (unpaired) electrons. The highest BCUT2D eigenvalue weighted by atomic mass is 16.5. The van der Waals surface area contributed by atoms with Crippen LogP contribution in [0.25, 0.3) is 0 Å². The van der Waals surface area contributed by atoms with Crippen molar-refractivity contribution >= 4 is 5.97 Å². The van der Waals surface area contributed by atoms with Gasteiger partial charge in [0.15, 0.2) is 11.5 Å². The number of aliphatic hydroxyl groups is 1. The molecule has 7 heteroatoms. The lowest BCUT2D eigenvalue weighted by Gasteiger charge is -2.27. The van der Waals surface area contributed by atoms with Gasteiger partial charge in [-0.15, -0.1) is 0 Å². The van der Waals surface area contributed by atoms with Gasteiger partial charge in [0.25, 0.3) is 0 Å². The second-order valence-electron chi connectivity index (χ2n) is 6.36. The molecule has 0 aliphatic carbocycles. The summed E-state index contributed by atoms with van der Waals surface area (Å²) in [7, 11) is 2.95. The Hall–Kier alpha value is -2.64. The monoisotopic (exact) mass is 388 g/mol. The normalized spacial score (nSPS) is 13.2. The number of methoxy groups -OCH3 is 2. The molecule has 0 aliphatic rings. The standard InChI is InChI=1S/C21H28N2O5/c1-5-23(6-2)13-11-17-16(8-7-12-22-17)21(26,20(24)25)15-9-10-18(27-3)19(14-15)28-4/h7-10,12,14,26H,5-6,11,13H2,1-4H3,(H,24,25). The third kappa shape index (κ3) is 4.26. The van der Waals surface area contributed by atoms with Crippen molar-refractivity contribution in [3.8, 4) is 11.5 Å². The van der Waals surface area contributed by atoms with Gasteiger partial charge in [0, 0.05) is 36.0 Å². The van der Waals surface area contributed by atoms with Crippen LogP contribution >= 0.6 is 0 Å². The number of likely N-dealkylation sites (N-methyl/N-ethyl adjacent to an activating group) is 1. The molecule has 0 saturated carbocycles. The molecule has 1 aromatic heterocycles. The molecule has 2 aromatic rings. The van der Waals surface area contributed by atoms with Crippen molar-refractivity contribution in [2.24, 2.45) is 0 Å². The summed E-state index contributed by atoms with van der Waals surface area (Å²) in [6, 6.07) is 7.82. The first-order valence-electron chi connectivity index (χ1n) is 9.27. The minimum Gasteiger partial charge on any atom is -0.493 e. The molecule has 28 heavy (non-hydrogen) atoms. The first-order chi connectivity index (χ1) is 13.4. The lowest BCUT2D eigenvalue weighted by Crippen LogP contribution is -2.38. The molecule has 2 N–H and O–H groups in total. The molecule has 0 amide bonds. The van der Waals surface area contributed by atoms with E-state index in [0.717, 1.165) is 19.6 Å². The lowest BCUT2D eigenvalue weighted by atomic mass is 9.84. The van der Waals surface area contributed by atoms with E-state index in [1.165, 1.54) is 26.4 Å². The minimum atomic E-state index is -2.26. The Kier molecular flexibility index (Phi) is 7.37. The van der Waals surface area contributed by atoms with Crippen LogP contribution < -0.4 is 9.47 Å².